The summed E-state index contributed by atoms with van der Waals surface area (Å²) in [5, 5.41) is 25.7. The smallest absolute Gasteiger partial charge is 0.168 e. The molecule has 2 fully saturated rings. The highest BCUT2D eigenvalue weighted by Gasteiger charge is 2.47. The van der Waals surface area contributed by atoms with E-state index in [4.69, 9.17) is 14.6 Å². The minimum absolute atomic E-state index is 0.00905. The van der Waals surface area contributed by atoms with Gasteiger partial charge in [0.05, 0.1) is 36.9 Å². The lowest BCUT2D eigenvalue weighted by molar-refractivity contribution is -0.204. The summed E-state index contributed by atoms with van der Waals surface area (Å²) in [5.41, 5.74) is 3.33. The number of benzene rings is 2. The van der Waals surface area contributed by atoms with Crippen molar-refractivity contribution in [3.8, 4) is 16.9 Å². The van der Waals surface area contributed by atoms with Gasteiger partial charge in [0.2, 0.25) is 0 Å². The molecule has 0 unspecified atom stereocenters. The molecule has 3 aromatic rings. The van der Waals surface area contributed by atoms with Gasteiger partial charge in [-0.15, -0.1) is 0 Å². The molecule has 1 saturated carbocycles. The van der Waals surface area contributed by atoms with E-state index in [9.17, 15) is 10.2 Å². The van der Waals surface area contributed by atoms with Gasteiger partial charge in [-0.05, 0) is 36.6 Å². The van der Waals surface area contributed by atoms with Crippen LogP contribution in [0.3, 0.4) is 0 Å². The van der Waals surface area contributed by atoms with Crippen LogP contribution in [0, 0.1) is 0 Å². The number of aliphatic hydroxyl groups is 2. The number of aromatic nitrogens is 2. The summed E-state index contributed by atoms with van der Waals surface area (Å²) in [5.74, 6) is -0.531. The lowest BCUT2D eigenvalue weighted by Crippen LogP contribution is -2.42. The summed E-state index contributed by atoms with van der Waals surface area (Å²) in [7, 11) is 0. The van der Waals surface area contributed by atoms with E-state index in [0.717, 1.165) is 22.5 Å². The normalized spacial score (nSPS) is 19.9. The quantitative estimate of drug-likeness (QED) is 0.693. The van der Waals surface area contributed by atoms with Crippen molar-refractivity contribution in [2.45, 2.75) is 43.7 Å². The summed E-state index contributed by atoms with van der Waals surface area (Å²) in [6.07, 6.45) is 2.40. The average Bonchev–Trinajstić information content (AvgIpc) is 3.45. The van der Waals surface area contributed by atoms with Crippen molar-refractivity contribution in [2.24, 2.45) is 0 Å². The fourth-order valence-electron chi connectivity index (χ4n) is 4.45. The van der Waals surface area contributed by atoms with Crippen LogP contribution in [0.5, 0.6) is 0 Å². The molecule has 0 atom stereocenters. The van der Waals surface area contributed by atoms with Gasteiger partial charge in [-0.25, -0.2) is 4.68 Å². The molecular formula is C24H26N2O4. The Kier molecular flexibility index (Phi) is 4.95. The maximum absolute atomic E-state index is 11.5. The van der Waals surface area contributed by atoms with Crippen LogP contribution in [0.15, 0.2) is 60.7 Å². The van der Waals surface area contributed by atoms with E-state index in [2.05, 4.69) is 0 Å². The molecule has 0 bridgehead atoms. The number of hydrogen-bond acceptors (Lipinski definition) is 5. The van der Waals surface area contributed by atoms with Gasteiger partial charge in [-0.3, -0.25) is 0 Å². The van der Waals surface area contributed by atoms with Crippen molar-refractivity contribution in [1.29, 1.82) is 0 Å². The first-order valence-corrected chi connectivity index (χ1v) is 10.5. The van der Waals surface area contributed by atoms with Gasteiger partial charge in [0.1, 0.15) is 5.60 Å². The predicted octanol–water partition coefficient (Wildman–Crippen LogP) is 3.54. The van der Waals surface area contributed by atoms with E-state index < -0.39 is 11.4 Å². The molecule has 1 aromatic heterocycles. The van der Waals surface area contributed by atoms with Crippen LogP contribution in [0.1, 0.15) is 36.9 Å². The summed E-state index contributed by atoms with van der Waals surface area (Å²) in [6, 6.07) is 19.7. The standard InChI is InChI=1S/C24H26N2O4/c27-17-18-6-8-19(9-7-18)21-16-22(25-26(21)20-4-2-1-3-5-20)23(28)10-12-24(13-11-23)29-14-15-30-24/h1-9,16,27-28H,10-15,17H2. The molecule has 6 nitrogen and oxygen atoms in total. The summed E-state index contributed by atoms with van der Waals surface area (Å²) < 4.78 is 13.5. The lowest BCUT2D eigenvalue weighted by atomic mass is 9.79. The molecule has 1 spiro atoms. The van der Waals surface area contributed by atoms with Crippen molar-refractivity contribution in [2.75, 3.05) is 13.2 Å². The first kappa shape index (κ1) is 19.5. The molecule has 156 valence electrons. The third-order valence-corrected chi connectivity index (χ3v) is 6.27. The van der Waals surface area contributed by atoms with Crippen LogP contribution >= 0.6 is 0 Å². The van der Waals surface area contributed by atoms with Gasteiger partial charge in [0.25, 0.3) is 0 Å². The van der Waals surface area contributed by atoms with Crippen LogP contribution in [0.25, 0.3) is 16.9 Å². The zero-order valence-electron chi connectivity index (χ0n) is 16.8. The Morgan fingerprint density at radius 3 is 2.20 bits per heavy atom. The highest BCUT2D eigenvalue weighted by Crippen LogP contribution is 2.45. The van der Waals surface area contributed by atoms with Gasteiger partial charge in [-0.1, -0.05) is 42.5 Å². The Labute approximate surface area is 175 Å². The molecule has 6 heteroatoms. The minimum Gasteiger partial charge on any atom is -0.392 e. The first-order chi connectivity index (χ1) is 14.6. The van der Waals surface area contributed by atoms with Gasteiger partial charge in [0, 0.05) is 18.4 Å². The molecule has 1 saturated heterocycles. The van der Waals surface area contributed by atoms with Crippen molar-refractivity contribution in [3.05, 3.63) is 71.9 Å². The highest BCUT2D eigenvalue weighted by molar-refractivity contribution is 5.63. The molecule has 5 rings (SSSR count). The van der Waals surface area contributed by atoms with Crippen molar-refractivity contribution < 1.29 is 19.7 Å². The minimum atomic E-state index is -1.01. The largest absolute Gasteiger partial charge is 0.392 e. The Morgan fingerprint density at radius 2 is 1.57 bits per heavy atom. The second kappa shape index (κ2) is 7.63. The topological polar surface area (TPSA) is 76.7 Å². The Hall–Kier alpha value is -2.51. The number of aliphatic hydroxyl groups excluding tert-OH is 1. The summed E-state index contributed by atoms with van der Waals surface area (Å²) >= 11 is 0. The van der Waals surface area contributed by atoms with Gasteiger partial charge < -0.3 is 19.7 Å². The zero-order chi connectivity index (χ0) is 20.6. The van der Waals surface area contributed by atoms with Crippen LogP contribution in [0.4, 0.5) is 0 Å². The van der Waals surface area contributed by atoms with Gasteiger partial charge in [-0.2, -0.15) is 5.10 Å². The fraction of sp³-hybridized carbons (Fsp3) is 0.375. The average molecular weight is 406 g/mol. The van der Waals surface area contributed by atoms with Crippen LogP contribution in [-0.2, 0) is 21.7 Å². The molecule has 0 radical (unpaired) electrons. The zero-order valence-corrected chi connectivity index (χ0v) is 16.8. The van der Waals surface area contributed by atoms with Crippen LogP contribution in [0.2, 0.25) is 0 Å². The molecule has 2 N–H and O–H groups in total. The van der Waals surface area contributed by atoms with E-state index >= 15 is 0 Å². The molecule has 2 aromatic carbocycles. The SMILES string of the molecule is OCc1ccc(-c2cc(C3(O)CCC4(CC3)OCCO4)nn2-c2ccccc2)cc1. The highest BCUT2D eigenvalue weighted by atomic mass is 16.7. The van der Waals surface area contributed by atoms with E-state index in [1.807, 2.05) is 65.3 Å². The Balaban J connectivity index is 1.52. The third kappa shape index (κ3) is 3.46. The number of para-hydroxylation sites is 1. The van der Waals surface area contributed by atoms with Crippen molar-refractivity contribution >= 4 is 0 Å². The number of hydrogen-bond donors (Lipinski definition) is 2. The van der Waals surface area contributed by atoms with Crippen LogP contribution < -0.4 is 0 Å². The number of rotatable bonds is 4. The fourth-order valence-corrected chi connectivity index (χ4v) is 4.45. The van der Waals surface area contributed by atoms with Gasteiger partial charge >= 0.3 is 0 Å². The molecule has 0 amide bonds. The predicted molar refractivity (Wildman–Crippen MR) is 112 cm³/mol. The maximum atomic E-state index is 11.5. The third-order valence-electron chi connectivity index (χ3n) is 6.27. The van der Waals surface area contributed by atoms with Crippen molar-refractivity contribution in [3.63, 3.8) is 0 Å². The summed E-state index contributed by atoms with van der Waals surface area (Å²) in [4.78, 5) is 0. The van der Waals surface area contributed by atoms with E-state index in [1.54, 1.807) is 0 Å². The molecule has 1 aliphatic heterocycles. The molecule has 1 aliphatic carbocycles. The number of nitrogens with zero attached hydrogens (tertiary/aromatic N) is 2. The molecular weight excluding hydrogens is 380 g/mol. The summed E-state index contributed by atoms with van der Waals surface area (Å²) in [6.45, 7) is 1.25. The maximum Gasteiger partial charge on any atom is 0.168 e. The van der Waals surface area contributed by atoms with Crippen molar-refractivity contribution in [1.82, 2.24) is 9.78 Å². The molecule has 2 heterocycles. The van der Waals surface area contributed by atoms with E-state index in [-0.39, 0.29) is 6.61 Å². The number of ether oxygens (including phenoxy) is 2. The van der Waals surface area contributed by atoms with E-state index in [0.29, 0.717) is 44.6 Å². The van der Waals surface area contributed by atoms with E-state index in [1.165, 1.54) is 0 Å². The monoisotopic (exact) mass is 406 g/mol. The Bertz CT molecular complexity index is 997. The second-order valence-corrected chi connectivity index (χ2v) is 8.16. The van der Waals surface area contributed by atoms with Crippen LogP contribution in [-0.4, -0.2) is 39.0 Å². The second-order valence-electron chi connectivity index (χ2n) is 8.16. The first-order valence-electron chi connectivity index (χ1n) is 10.5. The molecule has 30 heavy (non-hydrogen) atoms. The molecule has 2 aliphatic rings. The Morgan fingerprint density at radius 1 is 0.900 bits per heavy atom. The lowest BCUT2D eigenvalue weighted by Gasteiger charge is -2.39. The van der Waals surface area contributed by atoms with Gasteiger partial charge in [0.15, 0.2) is 5.79 Å².